The van der Waals surface area contributed by atoms with Gasteiger partial charge in [0, 0.05) is 18.0 Å². The smallest absolute Gasteiger partial charge is 0.259 e. The molecule has 1 saturated carbocycles. The number of aromatic nitrogens is 2. The molecule has 7 heteroatoms. The van der Waals surface area contributed by atoms with Crippen molar-refractivity contribution in [3.63, 3.8) is 0 Å². The molecule has 140 valence electrons. The summed E-state index contributed by atoms with van der Waals surface area (Å²) in [5.41, 5.74) is 1.20. The summed E-state index contributed by atoms with van der Waals surface area (Å²) in [5.74, 6) is 2.64. The highest BCUT2D eigenvalue weighted by molar-refractivity contribution is 7.99. The number of thiophene rings is 1. The van der Waals surface area contributed by atoms with E-state index in [2.05, 4.69) is 16.9 Å². The van der Waals surface area contributed by atoms with Gasteiger partial charge in [0.2, 0.25) is 5.91 Å². The molecule has 2 aliphatic rings. The Kier molecular flexibility index (Phi) is 5.36. The number of aryl methyl sites for hydroxylation is 2. The van der Waals surface area contributed by atoms with Crippen molar-refractivity contribution in [1.82, 2.24) is 14.9 Å². The van der Waals surface area contributed by atoms with Crippen LogP contribution in [0.2, 0.25) is 0 Å². The topological polar surface area (TPSA) is 66.1 Å². The molecular weight excluding hydrogens is 366 g/mol. The van der Waals surface area contributed by atoms with E-state index in [4.69, 9.17) is 0 Å². The van der Waals surface area contributed by atoms with Crippen molar-refractivity contribution >= 4 is 39.2 Å². The molecule has 0 spiro atoms. The number of hydrogen-bond acceptors (Lipinski definition) is 5. The number of carbonyl (C=O) groups is 1. The molecule has 1 N–H and O–H groups in total. The molecule has 2 aromatic heterocycles. The van der Waals surface area contributed by atoms with Crippen molar-refractivity contribution < 1.29 is 4.79 Å². The fraction of sp³-hybridized carbons (Fsp3) is 0.632. The second-order valence-corrected chi connectivity index (χ2v) is 9.40. The quantitative estimate of drug-likeness (QED) is 0.749. The second kappa shape index (κ2) is 7.72. The maximum absolute atomic E-state index is 12.5. The molecule has 2 heterocycles. The average Bonchev–Trinajstić information content (AvgIpc) is 3.19. The first-order valence-electron chi connectivity index (χ1n) is 9.54. The van der Waals surface area contributed by atoms with E-state index in [-0.39, 0.29) is 11.5 Å². The van der Waals surface area contributed by atoms with Gasteiger partial charge in [0.25, 0.3) is 5.56 Å². The predicted molar refractivity (Wildman–Crippen MR) is 108 cm³/mol. The number of rotatable bonds is 8. The third-order valence-electron chi connectivity index (χ3n) is 5.11. The van der Waals surface area contributed by atoms with Gasteiger partial charge in [0.05, 0.1) is 16.9 Å². The van der Waals surface area contributed by atoms with Gasteiger partial charge in [0.15, 0.2) is 0 Å². The number of amides is 1. The number of nitrogens with zero attached hydrogens (tertiary/aromatic N) is 2. The maximum atomic E-state index is 12.5. The standard InChI is InChI=1S/C19H25N3O2S2/c1-2-8-22(9-12-6-7-12)16(23)11-25-10-15-20-18(24)17-13-4-3-5-14(13)26-19(17)21-15/h12H,2-11H2,1H3,(H,20,21,24). The minimum atomic E-state index is -0.0160. The molecule has 2 aromatic rings. The molecular formula is C19H25N3O2S2. The summed E-state index contributed by atoms with van der Waals surface area (Å²) in [6.45, 7) is 3.87. The molecule has 1 amide bonds. The largest absolute Gasteiger partial charge is 0.342 e. The van der Waals surface area contributed by atoms with Crippen LogP contribution in [-0.2, 0) is 23.4 Å². The highest BCUT2D eigenvalue weighted by Gasteiger charge is 2.26. The van der Waals surface area contributed by atoms with Crippen LogP contribution in [0.15, 0.2) is 4.79 Å². The summed E-state index contributed by atoms with van der Waals surface area (Å²) in [5, 5.41) is 0.797. The van der Waals surface area contributed by atoms with E-state index in [9.17, 15) is 9.59 Å². The highest BCUT2D eigenvalue weighted by Crippen LogP contribution is 2.34. The van der Waals surface area contributed by atoms with Gasteiger partial charge in [-0.2, -0.15) is 0 Å². The van der Waals surface area contributed by atoms with Crippen LogP contribution in [0.3, 0.4) is 0 Å². The molecule has 2 aliphatic carbocycles. The highest BCUT2D eigenvalue weighted by atomic mass is 32.2. The molecule has 26 heavy (non-hydrogen) atoms. The lowest BCUT2D eigenvalue weighted by Crippen LogP contribution is -2.35. The summed E-state index contributed by atoms with van der Waals surface area (Å²) < 4.78 is 0. The van der Waals surface area contributed by atoms with E-state index < -0.39 is 0 Å². The summed E-state index contributed by atoms with van der Waals surface area (Å²) in [4.78, 5) is 36.7. The van der Waals surface area contributed by atoms with E-state index in [1.165, 1.54) is 23.3 Å². The van der Waals surface area contributed by atoms with Crippen molar-refractivity contribution in [3.8, 4) is 0 Å². The van der Waals surface area contributed by atoms with Crippen LogP contribution >= 0.6 is 23.1 Å². The van der Waals surface area contributed by atoms with Crippen LogP contribution in [0.1, 0.15) is 48.9 Å². The Balaban J connectivity index is 1.38. The van der Waals surface area contributed by atoms with Crippen LogP contribution in [0.5, 0.6) is 0 Å². The number of fused-ring (bicyclic) bond motifs is 3. The fourth-order valence-corrected chi connectivity index (χ4v) is 5.71. The van der Waals surface area contributed by atoms with Gasteiger partial charge < -0.3 is 9.88 Å². The van der Waals surface area contributed by atoms with Crippen LogP contribution in [0.4, 0.5) is 0 Å². The molecule has 0 saturated heterocycles. The van der Waals surface area contributed by atoms with Crippen molar-refractivity contribution in [2.75, 3.05) is 18.8 Å². The monoisotopic (exact) mass is 391 g/mol. The van der Waals surface area contributed by atoms with Crippen molar-refractivity contribution in [2.45, 2.75) is 51.2 Å². The first-order valence-corrected chi connectivity index (χ1v) is 11.5. The molecule has 0 radical (unpaired) electrons. The Morgan fingerprint density at radius 3 is 3.00 bits per heavy atom. The molecule has 0 aromatic carbocycles. The molecule has 0 atom stereocenters. The van der Waals surface area contributed by atoms with Gasteiger partial charge in [-0.3, -0.25) is 9.59 Å². The van der Waals surface area contributed by atoms with E-state index in [0.29, 0.717) is 17.3 Å². The van der Waals surface area contributed by atoms with Crippen LogP contribution in [-0.4, -0.2) is 39.6 Å². The Bertz CT molecular complexity index is 870. The number of thioether (sulfide) groups is 1. The van der Waals surface area contributed by atoms with E-state index >= 15 is 0 Å². The van der Waals surface area contributed by atoms with E-state index in [0.717, 1.165) is 54.9 Å². The minimum Gasteiger partial charge on any atom is -0.342 e. The zero-order valence-corrected chi connectivity index (χ0v) is 16.8. The lowest BCUT2D eigenvalue weighted by Gasteiger charge is -2.21. The molecule has 1 fully saturated rings. The molecule has 0 unspecified atom stereocenters. The van der Waals surface area contributed by atoms with Gasteiger partial charge in [-0.05, 0) is 50.0 Å². The van der Waals surface area contributed by atoms with Crippen LogP contribution in [0, 0.1) is 5.92 Å². The second-order valence-electron chi connectivity index (χ2n) is 7.33. The van der Waals surface area contributed by atoms with E-state index in [1.54, 1.807) is 23.1 Å². The van der Waals surface area contributed by atoms with Gasteiger partial charge in [0.1, 0.15) is 10.7 Å². The fourth-order valence-electron chi connectivity index (χ4n) is 3.64. The number of nitrogens with one attached hydrogen (secondary N) is 1. The van der Waals surface area contributed by atoms with Gasteiger partial charge in [-0.1, -0.05) is 6.92 Å². The Hall–Kier alpha value is -1.34. The summed E-state index contributed by atoms with van der Waals surface area (Å²) in [6.07, 6.45) is 6.73. The summed E-state index contributed by atoms with van der Waals surface area (Å²) in [7, 11) is 0. The van der Waals surface area contributed by atoms with E-state index in [1.807, 2.05) is 4.90 Å². The van der Waals surface area contributed by atoms with Crippen molar-refractivity contribution in [1.29, 1.82) is 0 Å². The molecule has 0 bridgehead atoms. The normalized spacial score (nSPS) is 16.2. The maximum Gasteiger partial charge on any atom is 0.259 e. The first kappa shape index (κ1) is 18.0. The van der Waals surface area contributed by atoms with Gasteiger partial charge >= 0.3 is 0 Å². The average molecular weight is 392 g/mol. The predicted octanol–water partition coefficient (Wildman–Crippen LogP) is 3.36. The Morgan fingerprint density at radius 2 is 2.23 bits per heavy atom. The van der Waals surface area contributed by atoms with Gasteiger partial charge in [-0.15, -0.1) is 23.1 Å². The zero-order chi connectivity index (χ0) is 18.1. The SMILES string of the molecule is CCCN(CC1CC1)C(=O)CSCc1nc2sc3c(c2c(=O)[nH]1)CCC3. The number of carbonyl (C=O) groups excluding carboxylic acids is 1. The lowest BCUT2D eigenvalue weighted by atomic mass is 10.2. The third-order valence-corrected chi connectivity index (χ3v) is 7.22. The first-order chi connectivity index (χ1) is 12.7. The Labute approximate surface area is 161 Å². The lowest BCUT2D eigenvalue weighted by molar-refractivity contribution is -0.128. The van der Waals surface area contributed by atoms with Crippen molar-refractivity contribution in [3.05, 3.63) is 26.6 Å². The van der Waals surface area contributed by atoms with Gasteiger partial charge in [-0.25, -0.2) is 4.98 Å². The molecule has 0 aliphatic heterocycles. The summed E-state index contributed by atoms with van der Waals surface area (Å²) in [6, 6.07) is 0. The number of hydrogen-bond donors (Lipinski definition) is 1. The van der Waals surface area contributed by atoms with Crippen LogP contribution in [0.25, 0.3) is 10.2 Å². The minimum absolute atomic E-state index is 0.0160. The number of aromatic amines is 1. The summed E-state index contributed by atoms with van der Waals surface area (Å²) >= 11 is 3.21. The Morgan fingerprint density at radius 1 is 1.38 bits per heavy atom. The third kappa shape index (κ3) is 3.83. The number of H-pyrrole nitrogens is 1. The van der Waals surface area contributed by atoms with Crippen molar-refractivity contribution in [2.24, 2.45) is 5.92 Å². The molecule has 4 rings (SSSR count). The zero-order valence-electron chi connectivity index (χ0n) is 15.2. The molecule has 5 nitrogen and oxygen atoms in total. The van der Waals surface area contributed by atoms with Crippen LogP contribution < -0.4 is 5.56 Å².